The van der Waals surface area contributed by atoms with Gasteiger partial charge >= 0.3 is 0 Å². The minimum Gasteiger partial charge on any atom is -0.356 e. The van der Waals surface area contributed by atoms with E-state index in [1.165, 1.54) is 12.0 Å². The molecule has 9 heteroatoms. The summed E-state index contributed by atoms with van der Waals surface area (Å²) in [7, 11) is 1.82. The van der Waals surface area contributed by atoms with Crippen LogP contribution in [0.4, 0.5) is 5.95 Å². The summed E-state index contributed by atoms with van der Waals surface area (Å²) >= 11 is 0. The van der Waals surface area contributed by atoms with Gasteiger partial charge in [-0.3, -0.25) is 9.79 Å². The summed E-state index contributed by atoms with van der Waals surface area (Å²) in [5.74, 6) is 2.47. The van der Waals surface area contributed by atoms with Gasteiger partial charge in [-0.1, -0.05) is 30.3 Å². The van der Waals surface area contributed by atoms with Gasteiger partial charge in [0.25, 0.3) is 0 Å². The van der Waals surface area contributed by atoms with Crippen LogP contribution in [0.15, 0.2) is 53.8 Å². The van der Waals surface area contributed by atoms with E-state index in [2.05, 4.69) is 60.4 Å². The van der Waals surface area contributed by atoms with Crippen molar-refractivity contribution < 1.29 is 4.79 Å². The van der Waals surface area contributed by atoms with E-state index >= 15 is 0 Å². The highest BCUT2D eigenvalue weighted by Gasteiger charge is 2.26. The molecule has 1 atom stereocenters. The van der Waals surface area contributed by atoms with E-state index in [0.717, 1.165) is 44.5 Å². The number of guanidine groups is 1. The number of piperazine rings is 1. The minimum atomic E-state index is 0. The van der Waals surface area contributed by atoms with Crippen molar-refractivity contribution >= 4 is 41.8 Å². The minimum absolute atomic E-state index is 0. The number of amides is 1. The fourth-order valence-electron chi connectivity index (χ4n) is 4.52. The Morgan fingerprint density at radius 3 is 2.45 bits per heavy atom. The molecule has 1 unspecified atom stereocenters. The van der Waals surface area contributed by atoms with Crippen LogP contribution in [0.1, 0.15) is 18.4 Å². The Morgan fingerprint density at radius 1 is 1.03 bits per heavy atom. The fraction of sp³-hybridized carbons (Fsp3) is 0.500. The Morgan fingerprint density at radius 2 is 1.76 bits per heavy atom. The van der Waals surface area contributed by atoms with Crippen LogP contribution in [0.3, 0.4) is 0 Å². The first kappa shape index (κ1) is 25.2. The quantitative estimate of drug-likeness (QED) is 0.330. The first-order chi connectivity index (χ1) is 15.7. The van der Waals surface area contributed by atoms with Crippen molar-refractivity contribution in [3.05, 3.63) is 54.4 Å². The van der Waals surface area contributed by atoms with E-state index < -0.39 is 0 Å². The van der Waals surface area contributed by atoms with Gasteiger partial charge in [0.05, 0.1) is 0 Å². The number of benzene rings is 1. The van der Waals surface area contributed by atoms with Gasteiger partial charge in [-0.2, -0.15) is 0 Å². The second-order valence-electron chi connectivity index (χ2n) is 8.43. The molecule has 1 N–H and O–H groups in total. The van der Waals surface area contributed by atoms with Crippen LogP contribution in [0, 0.1) is 5.92 Å². The molecule has 4 rings (SSSR count). The summed E-state index contributed by atoms with van der Waals surface area (Å²) < 4.78 is 0. The SMILES string of the molecule is CN=C(NCCC(=O)N1CCN(c2ncccn2)CC1)N1CCC(Cc2ccccc2)C1.I. The number of nitrogens with zero attached hydrogens (tertiary/aromatic N) is 6. The summed E-state index contributed by atoms with van der Waals surface area (Å²) in [5, 5.41) is 3.40. The Bertz CT molecular complexity index is 888. The van der Waals surface area contributed by atoms with Crippen LogP contribution in [0.2, 0.25) is 0 Å². The lowest BCUT2D eigenvalue weighted by atomic mass is 9.99. The molecule has 1 amide bonds. The van der Waals surface area contributed by atoms with Gasteiger partial charge in [-0.15, -0.1) is 24.0 Å². The molecule has 2 aliphatic heterocycles. The van der Waals surface area contributed by atoms with Gasteiger partial charge in [0, 0.05) is 71.7 Å². The lowest BCUT2D eigenvalue weighted by Crippen LogP contribution is -2.50. The summed E-state index contributed by atoms with van der Waals surface area (Å²) in [6.07, 6.45) is 6.25. The molecule has 8 nitrogen and oxygen atoms in total. The number of anilines is 1. The fourth-order valence-corrected chi connectivity index (χ4v) is 4.52. The summed E-state index contributed by atoms with van der Waals surface area (Å²) in [5.41, 5.74) is 1.40. The zero-order chi connectivity index (χ0) is 22.2. The molecule has 0 saturated carbocycles. The molecule has 0 spiro atoms. The molecule has 178 valence electrons. The smallest absolute Gasteiger partial charge is 0.225 e. The Kier molecular flexibility index (Phi) is 9.71. The molecule has 2 aromatic rings. The zero-order valence-electron chi connectivity index (χ0n) is 19.3. The largest absolute Gasteiger partial charge is 0.356 e. The van der Waals surface area contributed by atoms with Crippen LogP contribution >= 0.6 is 24.0 Å². The highest BCUT2D eigenvalue weighted by molar-refractivity contribution is 14.0. The molecule has 2 fully saturated rings. The number of aliphatic imine (C=N–C) groups is 1. The molecule has 0 radical (unpaired) electrons. The maximum atomic E-state index is 12.7. The molecule has 0 bridgehead atoms. The Balaban J connectivity index is 0.00000306. The Labute approximate surface area is 213 Å². The number of likely N-dealkylation sites (tertiary alicyclic amines) is 1. The van der Waals surface area contributed by atoms with Crippen molar-refractivity contribution in [2.45, 2.75) is 19.3 Å². The van der Waals surface area contributed by atoms with Gasteiger partial charge in [0.15, 0.2) is 5.96 Å². The van der Waals surface area contributed by atoms with Crippen molar-refractivity contribution in [3.8, 4) is 0 Å². The average molecular weight is 563 g/mol. The molecule has 3 heterocycles. The van der Waals surface area contributed by atoms with E-state index in [0.29, 0.717) is 32.0 Å². The van der Waals surface area contributed by atoms with Crippen molar-refractivity contribution in [2.24, 2.45) is 10.9 Å². The van der Waals surface area contributed by atoms with E-state index in [1.807, 2.05) is 18.0 Å². The van der Waals surface area contributed by atoms with E-state index in [9.17, 15) is 4.79 Å². The van der Waals surface area contributed by atoms with Crippen LogP contribution in [0.5, 0.6) is 0 Å². The van der Waals surface area contributed by atoms with Gasteiger partial charge in [-0.05, 0) is 30.4 Å². The third-order valence-corrected chi connectivity index (χ3v) is 6.25. The van der Waals surface area contributed by atoms with Crippen LogP contribution in [-0.4, -0.2) is 84.5 Å². The van der Waals surface area contributed by atoms with Crippen molar-refractivity contribution in [2.75, 3.05) is 57.8 Å². The third-order valence-electron chi connectivity index (χ3n) is 6.25. The first-order valence-electron chi connectivity index (χ1n) is 11.5. The second kappa shape index (κ2) is 12.7. The lowest BCUT2D eigenvalue weighted by Gasteiger charge is -2.34. The molecular formula is C24H34IN7O. The highest BCUT2D eigenvalue weighted by atomic mass is 127. The van der Waals surface area contributed by atoms with E-state index in [4.69, 9.17) is 0 Å². The van der Waals surface area contributed by atoms with Crippen molar-refractivity contribution in [1.82, 2.24) is 25.1 Å². The number of hydrogen-bond acceptors (Lipinski definition) is 5. The predicted molar refractivity (Wildman–Crippen MR) is 142 cm³/mol. The summed E-state index contributed by atoms with van der Waals surface area (Å²) in [6.45, 7) is 5.56. The lowest BCUT2D eigenvalue weighted by molar-refractivity contribution is -0.131. The van der Waals surface area contributed by atoms with Crippen LogP contribution in [0.25, 0.3) is 0 Å². The summed E-state index contributed by atoms with van der Waals surface area (Å²) in [4.78, 5) is 32.1. The molecule has 1 aromatic carbocycles. The van der Waals surface area contributed by atoms with Crippen LogP contribution < -0.4 is 10.2 Å². The molecule has 2 saturated heterocycles. The molecule has 1 aromatic heterocycles. The molecule has 0 aliphatic carbocycles. The normalized spacial score (nSPS) is 18.8. The molecule has 2 aliphatic rings. The topological polar surface area (TPSA) is 77.0 Å². The van der Waals surface area contributed by atoms with E-state index in [-0.39, 0.29) is 29.9 Å². The standard InChI is InChI=1S/C24H33N7O.HI/c1-25-23(31-13-9-21(19-31)18-20-6-3-2-4-7-20)28-12-8-22(32)29-14-16-30(17-15-29)24-26-10-5-11-27-24;/h2-7,10-11,21H,8-9,12-19H2,1H3,(H,25,28);1H. The highest BCUT2D eigenvalue weighted by Crippen LogP contribution is 2.21. The maximum Gasteiger partial charge on any atom is 0.225 e. The number of carbonyl (C=O) groups is 1. The van der Waals surface area contributed by atoms with Gasteiger partial charge in [-0.25, -0.2) is 9.97 Å². The molecular weight excluding hydrogens is 529 g/mol. The van der Waals surface area contributed by atoms with Crippen LogP contribution in [-0.2, 0) is 11.2 Å². The maximum absolute atomic E-state index is 12.7. The number of nitrogens with one attached hydrogen (secondary N) is 1. The number of carbonyl (C=O) groups excluding carboxylic acids is 1. The molecule has 33 heavy (non-hydrogen) atoms. The van der Waals surface area contributed by atoms with Crippen molar-refractivity contribution in [3.63, 3.8) is 0 Å². The number of halogens is 1. The van der Waals surface area contributed by atoms with Gasteiger partial charge in [0.1, 0.15) is 0 Å². The monoisotopic (exact) mass is 563 g/mol. The second-order valence-corrected chi connectivity index (χ2v) is 8.43. The third kappa shape index (κ3) is 7.02. The van der Waals surface area contributed by atoms with E-state index in [1.54, 1.807) is 12.4 Å². The zero-order valence-corrected chi connectivity index (χ0v) is 21.6. The first-order valence-corrected chi connectivity index (χ1v) is 11.5. The summed E-state index contributed by atoms with van der Waals surface area (Å²) in [6, 6.07) is 12.5. The number of aromatic nitrogens is 2. The predicted octanol–water partition coefficient (Wildman–Crippen LogP) is 2.27. The number of rotatable bonds is 6. The van der Waals surface area contributed by atoms with Crippen molar-refractivity contribution in [1.29, 1.82) is 0 Å². The average Bonchev–Trinajstić information content (AvgIpc) is 3.31. The van der Waals surface area contributed by atoms with Gasteiger partial charge in [0.2, 0.25) is 11.9 Å². The Hall–Kier alpha value is -2.43. The van der Waals surface area contributed by atoms with Gasteiger partial charge < -0.3 is 20.0 Å². The number of hydrogen-bond donors (Lipinski definition) is 1.